The first-order valence-corrected chi connectivity index (χ1v) is 5.89. The van der Waals surface area contributed by atoms with Gasteiger partial charge in [-0.1, -0.05) is 12.8 Å². The molecule has 1 aromatic rings. The van der Waals surface area contributed by atoms with E-state index in [0.717, 1.165) is 18.8 Å². The molecule has 2 rings (SSSR count). The van der Waals surface area contributed by atoms with Gasteiger partial charge in [-0.2, -0.15) is 0 Å². The molecule has 1 saturated heterocycles. The molecule has 0 spiro atoms. The van der Waals surface area contributed by atoms with Crippen LogP contribution in [0.1, 0.15) is 37.5 Å². The van der Waals surface area contributed by atoms with Crippen LogP contribution in [0.4, 0.5) is 0 Å². The first-order chi connectivity index (χ1) is 7.42. The fraction of sp³-hybridized carbons (Fsp3) is 0.667. The second-order valence-electron chi connectivity index (χ2n) is 4.22. The molecule has 0 unspecified atom stereocenters. The van der Waals surface area contributed by atoms with Gasteiger partial charge in [-0.15, -0.1) is 0 Å². The Bertz CT molecular complexity index is 263. The van der Waals surface area contributed by atoms with Gasteiger partial charge in [0.25, 0.3) is 0 Å². The summed E-state index contributed by atoms with van der Waals surface area (Å²) in [5.41, 5.74) is 5.84. The van der Waals surface area contributed by atoms with Gasteiger partial charge in [0.2, 0.25) is 0 Å². The molecule has 15 heavy (non-hydrogen) atoms. The Morgan fingerprint density at radius 2 is 2.00 bits per heavy atom. The number of nitrogens with two attached hydrogens (primary N) is 1. The highest BCUT2D eigenvalue weighted by molar-refractivity contribution is 5.05. The summed E-state index contributed by atoms with van der Waals surface area (Å²) in [5, 5.41) is 0. The SMILES string of the molecule is NC[C@@H](c1ccco1)N1CCCCCC1. The lowest BCUT2D eigenvalue weighted by atomic mass is 10.2. The summed E-state index contributed by atoms with van der Waals surface area (Å²) in [6, 6.07) is 4.25. The van der Waals surface area contributed by atoms with Crippen molar-refractivity contribution in [2.24, 2.45) is 5.73 Å². The van der Waals surface area contributed by atoms with Gasteiger partial charge in [0.15, 0.2) is 0 Å². The third-order valence-corrected chi connectivity index (χ3v) is 3.18. The number of hydrogen-bond donors (Lipinski definition) is 1. The third kappa shape index (κ3) is 2.61. The molecule has 3 heteroatoms. The molecule has 1 aromatic heterocycles. The highest BCUT2D eigenvalue weighted by Crippen LogP contribution is 2.23. The van der Waals surface area contributed by atoms with Crippen molar-refractivity contribution in [3.8, 4) is 0 Å². The molecule has 0 amide bonds. The molecule has 0 bridgehead atoms. The van der Waals surface area contributed by atoms with Crippen LogP contribution in [-0.2, 0) is 0 Å². The molecule has 2 heterocycles. The molecule has 1 aliphatic rings. The van der Waals surface area contributed by atoms with Crippen molar-refractivity contribution in [2.75, 3.05) is 19.6 Å². The van der Waals surface area contributed by atoms with Crippen LogP contribution >= 0.6 is 0 Å². The van der Waals surface area contributed by atoms with Crippen LogP contribution in [0, 0.1) is 0 Å². The summed E-state index contributed by atoms with van der Waals surface area (Å²) in [6.45, 7) is 2.96. The van der Waals surface area contributed by atoms with Crippen LogP contribution in [0.25, 0.3) is 0 Å². The van der Waals surface area contributed by atoms with E-state index in [9.17, 15) is 0 Å². The number of nitrogens with zero attached hydrogens (tertiary/aromatic N) is 1. The second kappa shape index (κ2) is 5.33. The normalized spacial score (nSPS) is 21.1. The summed E-state index contributed by atoms with van der Waals surface area (Å²) in [5.74, 6) is 1.01. The number of furan rings is 1. The van der Waals surface area contributed by atoms with Crippen molar-refractivity contribution in [3.63, 3.8) is 0 Å². The third-order valence-electron chi connectivity index (χ3n) is 3.18. The molecular weight excluding hydrogens is 188 g/mol. The minimum absolute atomic E-state index is 0.276. The average Bonchev–Trinajstić information content (AvgIpc) is 2.63. The number of rotatable bonds is 3. The van der Waals surface area contributed by atoms with Crippen molar-refractivity contribution in [2.45, 2.75) is 31.7 Å². The molecule has 1 atom stereocenters. The van der Waals surface area contributed by atoms with E-state index in [2.05, 4.69) is 4.90 Å². The maximum atomic E-state index is 5.84. The average molecular weight is 208 g/mol. The second-order valence-corrected chi connectivity index (χ2v) is 4.22. The molecule has 2 N–H and O–H groups in total. The molecule has 0 aliphatic carbocycles. The van der Waals surface area contributed by atoms with Gasteiger partial charge >= 0.3 is 0 Å². The molecule has 0 saturated carbocycles. The summed E-state index contributed by atoms with van der Waals surface area (Å²) < 4.78 is 5.46. The van der Waals surface area contributed by atoms with E-state index in [4.69, 9.17) is 10.2 Å². The summed E-state index contributed by atoms with van der Waals surface area (Å²) >= 11 is 0. The van der Waals surface area contributed by atoms with Crippen molar-refractivity contribution >= 4 is 0 Å². The largest absolute Gasteiger partial charge is 0.468 e. The van der Waals surface area contributed by atoms with Crippen LogP contribution in [0.3, 0.4) is 0 Å². The van der Waals surface area contributed by atoms with Crippen LogP contribution in [0.5, 0.6) is 0 Å². The first kappa shape index (κ1) is 10.7. The van der Waals surface area contributed by atoms with Gasteiger partial charge in [0, 0.05) is 6.54 Å². The summed E-state index contributed by atoms with van der Waals surface area (Å²) in [7, 11) is 0. The van der Waals surface area contributed by atoms with E-state index in [1.807, 2.05) is 12.1 Å². The van der Waals surface area contributed by atoms with Gasteiger partial charge in [0.1, 0.15) is 5.76 Å². The number of likely N-dealkylation sites (tertiary alicyclic amines) is 1. The van der Waals surface area contributed by atoms with E-state index in [-0.39, 0.29) is 6.04 Å². The van der Waals surface area contributed by atoms with E-state index in [1.54, 1.807) is 6.26 Å². The Kier molecular flexibility index (Phi) is 3.80. The minimum atomic E-state index is 0.276. The Morgan fingerprint density at radius 3 is 2.53 bits per heavy atom. The standard InChI is InChI=1S/C12H20N2O/c13-10-11(12-6-5-9-15-12)14-7-3-1-2-4-8-14/h5-6,9,11H,1-4,7-8,10,13H2/t11-/m0/s1. The molecule has 3 nitrogen and oxygen atoms in total. The lowest BCUT2D eigenvalue weighted by Crippen LogP contribution is -2.34. The smallest absolute Gasteiger partial charge is 0.122 e. The van der Waals surface area contributed by atoms with Crippen molar-refractivity contribution in [3.05, 3.63) is 24.2 Å². The van der Waals surface area contributed by atoms with Crippen molar-refractivity contribution in [1.29, 1.82) is 0 Å². The van der Waals surface area contributed by atoms with E-state index in [1.165, 1.54) is 25.7 Å². The van der Waals surface area contributed by atoms with Gasteiger partial charge in [-0.05, 0) is 38.1 Å². The van der Waals surface area contributed by atoms with Crippen molar-refractivity contribution < 1.29 is 4.42 Å². The Hall–Kier alpha value is -0.800. The van der Waals surface area contributed by atoms with Crippen molar-refractivity contribution in [1.82, 2.24) is 4.90 Å². The van der Waals surface area contributed by atoms with E-state index in [0.29, 0.717) is 6.54 Å². The maximum absolute atomic E-state index is 5.84. The topological polar surface area (TPSA) is 42.4 Å². The zero-order valence-corrected chi connectivity index (χ0v) is 9.19. The lowest BCUT2D eigenvalue weighted by molar-refractivity contribution is 0.186. The highest BCUT2D eigenvalue weighted by atomic mass is 16.3. The quantitative estimate of drug-likeness (QED) is 0.827. The molecule has 84 valence electrons. The lowest BCUT2D eigenvalue weighted by Gasteiger charge is -2.27. The molecule has 1 aliphatic heterocycles. The Labute approximate surface area is 91.2 Å². The van der Waals surface area contributed by atoms with E-state index >= 15 is 0 Å². The summed E-state index contributed by atoms with van der Waals surface area (Å²) in [4.78, 5) is 2.46. The Morgan fingerprint density at radius 1 is 1.27 bits per heavy atom. The molecule has 0 aromatic carbocycles. The van der Waals surface area contributed by atoms with E-state index < -0.39 is 0 Å². The fourth-order valence-electron chi connectivity index (χ4n) is 2.33. The van der Waals surface area contributed by atoms with Gasteiger partial charge in [-0.3, -0.25) is 4.90 Å². The fourth-order valence-corrected chi connectivity index (χ4v) is 2.33. The van der Waals surface area contributed by atoms with Crippen LogP contribution < -0.4 is 5.73 Å². The summed E-state index contributed by atoms with van der Waals surface area (Å²) in [6.07, 6.45) is 7.02. The predicted molar refractivity (Wildman–Crippen MR) is 60.5 cm³/mol. The predicted octanol–water partition coefficient (Wildman–Crippen LogP) is 2.16. The van der Waals surface area contributed by atoms with Crippen LogP contribution in [-0.4, -0.2) is 24.5 Å². The Balaban J connectivity index is 2.04. The maximum Gasteiger partial charge on any atom is 0.122 e. The minimum Gasteiger partial charge on any atom is -0.468 e. The van der Waals surface area contributed by atoms with Gasteiger partial charge in [0.05, 0.1) is 12.3 Å². The van der Waals surface area contributed by atoms with Gasteiger partial charge in [-0.25, -0.2) is 0 Å². The van der Waals surface area contributed by atoms with Crippen LogP contribution in [0.2, 0.25) is 0 Å². The first-order valence-electron chi connectivity index (χ1n) is 5.89. The molecule has 1 fully saturated rings. The highest BCUT2D eigenvalue weighted by Gasteiger charge is 2.21. The monoisotopic (exact) mass is 208 g/mol. The zero-order valence-electron chi connectivity index (χ0n) is 9.19. The zero-order chi connectivity index (χ0) is 10.5. The van der Waals surface area contributed by atoms with Crippen LogP contribution in [0.15, 0.2) is 22.8 Å². The number of hydrogen-bond acceptors (Lipinski definition) is 3. The molecular formula is C12H20N2O. The van der Waals surface area contributed by atoms with Gasteiger partial charge < -0.3 is 10.2 Å². The molecule has 0 radical (unpaired) electrons.